The average molecular weight is 753 g/mol. The minimum absolute atomic E-state index is 0.0461. The van der Waals surface area contributed by atoms with Gasteiger partial charge < -0.3 is 19.6 Å². The molecule has 2 aliphatic rings. The van der Waals surface area contributed by atoms with Crippen molar-refractivity contribution in [3.8, 4) is 11.6 Å². The van der Waals surface area contributed by atoms with Gasteiger partial charge in [-0.1, -0.05) is 42.5 Å². The number of hydrogen-bond acceptors (Lipinski definition) is 9. The zero-order valence-electron chi connectivity index (χ0n) is 28.7. The molecule has 0 bridgehead atoms. The summed E-state index contributed by atoms with van der Waals surface area (Å²) >= 11 is 0. The van der Waals surface area contributed by atoms with Crippen molar-refractivity contribution >= 4 is 33.3 Å². The number of ether oxygens (including phenoxy) is 1. The van der Waals surface area contributed by atoms with Crippen LogP contribution in [0.15, 0.2) is 84.9 Å². The maximum Gasteiger partial charge on any atom is 0.435 e. The molecule has 16 heteroatoms. The highest BCUT2D eigenvalue weighted by atomic mass is 32.2. The van der Waals surface area contributed by atoms with Gasteiger partial charge in [-0.25, -0.2) is 8.42 Å². The lowest BCUT2D eigenvalue weighted by atomic mass is 9.89. The number of carboxylic acids is 1. The molecule has 1 amide bonds. The predicted octanol–water partition coefficient (Wildman–Crippen LogP) is 5.85. The summed E-state index contributed by atoms with van der Waals surface area (Å²) in [5.41, 5.74) is 1.87. The first-order chi connectivity index (χ1) is 25.3. The molecule has 1 aromatic heterocycles. The van der Waals surface area contributed by atoms with Gasteiger partial charge >= 0.3 is 12.1 Å². The fourth-order valence-corrected chi connectivity index (χ4v) is 7.74. The number of piperazine rings is 1. The van der Waals surface area contributed by atoms with Crippen LogP contribution in [-0.4, -0.2) is 91.2 Å². The number of benzene rings is 3. The number of carboxylic acid groups (broad SMARTS) is 1. The first kappa shape index (κ1) is 37.5. The second-order valence-corrected chi connectivity index (χ2v) is 14.8. The van der Waals surface area contributed by atoms with Gasteiger partial charge in [0.1, 0.15) is 5.75 Å². The lowest BCUT2D eigenvalue weighted by Crippen LogP contribution is -2.47. The van der Waals surface area contributed by atoms with Crippen LogP contribution in [0.25, 0.3) is 0 Å². The zero-order chi connectivity index (χ0) is 37.6. The van der Waals surface area contributed by atoms with Crippen LogP contribution in [-0.2, 0) is 26.7 Å². The van der Waals surface area contributed by atoms with Gasteiger partial charge in [0, 0.05) is 57.4 Å². The van der Waals surface area contributed by atoms with Crippen molar-refractivity contribution in [2.24, 2.45) is 0 Å². The van der Waals surface area contributed by atoms with Crippen LogP contribution in [0.5, 0.6) is 11.6 Å². The van der Waals surface area contributed by atoms with Crippen molar-refractivity contribution in [2.75, 3.05) is 55.4 Å². The van der Waals surface area contributed by atoms with E-state index in [2.05, 4.69) is 19.8 Å². The Morgan fingerprint density at radius 2 is 1.57 bits per heavy atom. The molecule has 2 saturated heterocycles. The molecule has 4 aromatic rings. The second kappa shape index (κ2) is 16.2. The number of nitrogens with one attached hydrogen (secondary N) is 1. The van der Waals surface area contributed by atoms with Crippen LogP contribution in [0, 0.1) is 0 Å². The van der Waals surface area contributed by atoms with Crippen LogP contribution in [0.3, 0.4) is 0 Å². The zero-order valence-corrected chi connectivity index (χ0v) is 29.5. The molecule has 280 valence electrons. The summed E-state index contributed by atoms with van der Waals surface area (Å²) in [5, 5.41) is 15.7. The standard InChI is InChI=1S/C37H39F3N6O6S/c38-37(39,40)33-12-13-34(42-41-33)52-30-9-6-27(7-10-30)28-14-18-46(19-15-28)36(49)29-8-11-32(45-22-20-44(21-23-45)17-16-35(47)48)31(24-29)43-53(50,51)25-26-4-2-1-3-5-26/h1-13,24,28,43H,14-23,25H2,(H,47,48). The highest BCUT2D eigenvalue weighted by Crippen LogP contribution is 2.34. The van der Waals surface area contributed by atoms with E-state index < -0.39 is 27.9 Å². The Balaban J connectivity index is 1.11. The van der Waals surface area contributed by atoms with Crippen LogP contribution in [0.1, 0.15) is 52.4 Å². The average Bonchev–Trinajstić information content (AvgIpc) is 3.14. The fourth-order valence-electron chi connectivity index (χ4n) is 6.54. The second-order valence-electron chi connectivity index (χ2n) is 13.0. The van der Waals surface area contributed by atoms with Crippen LogP contribution in [0.2, 0.25) is 0 Å². The minimum atomic E-state index is -4.59. The molecule has 0 atom stereocenters. The molecule has 3 heterocycles. The molecular formula is C37H39F3N6O6S. The largest absolute Gasteiger partial charge is 0.481 e. The quantitative estimate of drug-likeness (QED) is 0.181. The van der Waals surface area contributed by atoms with E-state index in [9.17, 15) is 31.2 Å². The number of carbonyl (C=O) groups is 2. The Morgan fingerprint density at radius 3 is 2.19 bits per heavy atom. The monoisotopic (exact) mass is 752 g/mol. The van der Waals surface area contributed by atoms with Crippen LogP contribution in [0.4, 0.5) is 24.5 Å². The van der Waals surface area contributed by atoms with Crippen molar-refractivity contribution in [3.63, 3.8) is 0 Å². The van der Waals surface area contributed by atoms with Crippen molar-refractivity contribution in [1.82, 2.24) is 20.0 Å². The number of piperidine rings is 1. The van der Waals surface area contributed by atoms with Crippen molar-refractivity contribution in [2.45, 2.75) is 37.1 Å². The van der Waals surface area contributed by atoms with Gasteiger partial charge in [0.15, 0.2) is 5.69 Å². The van der Waals surface area contributed by atoms with E-state index >= 15 is 0 Å². The van der Waals surface area contributed by atoms with E-state index in [1.54, 1.807) is 59.5 Å². The number of anilines is 2. The topological polar surface area (TPSA) is 145 Å². The highest BCUT2D eigenvalue weighted by Gasteiger charge is 2.33. The van der Waals surface area contributed by atoms with E-state index in [-0.39, 0.29) is 29.9 Å². The Hall–Kier alpha value is -5.22. The number of sulfonamides is 1. The maximum absolute atomic E-state index is 13.8. The molecule has 0 radical (unpaired) electrons. The number of aromatic nitrogens is 2. The van der Waals surface area contributed by atoms with Gasteiger partial charge in [-0.3, -0.25) is 19.2 Å². The van der Waals surface area contributed by atoms with Gasteiger partial charge in [-0.2, -0.15) is 13.2 Å². The molecule has 12 nitrogen and oxygen atoms in total. The molecular weight excluding hydrogens is 714 g/mol. The Kier molecular flexibility index (Phi) is 11.5. The molecule has 0 spiro atoms. The number of aliphatic carboxylic acids is 1. The Bertz CT molecular complexity index is 1980. The fraction of sp³-hybridized carbons (Fsp3) is 0.351. The molecule has 0 unspecified atom stereocenters. The van der Waals surface area contributed by atoms with E-state index in [1.807, 2.05) is 23.1 Å². The van der Waals surface area contributed by atoms with Crippen LogP contribution < -0.4 is 14.4 Å². The number of amides is 1. The predicted molar refractivity (Wildman–Crippen MR) is 191 cm³/mol. The van der Waals surface area contributed by atoms with Gasteiger partial charge in [-0.05, 0) is 66.3 Å². The summed E-state index contributed by atoms with van der Waals surface area (Å²) in [5.74, 6) is -0.806. The number of carbonyl (C=O) groups excluding carboxylic acids is 1. The maximum atomic E-state index is 13.8. The van der Waals surface area contributed by atoms with E-state index in [0.29, 0.717) is 86.9 Å². The number of hydrogen-bond donors (Lipinski definition) is 2. The Labute approximate surface area is 305 Å². The SMILES string of the molecule is O=C(O)CCN1CCN(c2ccc(C(=O)N3CCC(c4ccc(Oc5ccc(C(F)(F)F)nn5)cc4)CC3)cc2NS(=O)(=O)Cc2ccccc2)CC1. The van der Waals surface area contributed by atoms with E-state index in [1.165, 1.54) is 0 Å². The summed E-state index contributed by atoms with van der Waals surface area (Å²) < 4.78 is 73.4. The first-order valence-corrected chi connectivity index (χ1v) is 18.8. The van der Waals surface area contributed by atoms with Gasteiger partial charge in [-0.15, -0.1) is 10.2 Å². The number of halogens is 3. The van der Waals surface area contributed by atoms with Crippen molar-refractivity contribution < 1.29 is 41.0 Å². The molecule has 0 aliphatic carbocycles. The van der Waals surface area contributed by atoms with Crippen LogP contribution >= 0.6 is 0 Å². The third-order valence-electron chi connectivity index (χ3n) is 9.35. The molecule has 3 aromatic carbocycles. The molecule has 53 heavy (non-hydrogen) atoms. The third kappa shape index (κ3) is 10.0. The summed E-state index contributed by atoms with van der Waals surface area (Å²) in [6.45, 7) is 3.75. The summed E-state index contributed by atoms with van der Waals surface area (Å²) in [4.78, 5) is 30.7. The van der Waals surface area contributed by atoms with Gasteiger partial charge in [0.2, 0.25) is 15.9 Å². The third-order valence-corrected chi connectivity index (χ3v) is 10.6. The highest BCUT2D eigenvalue weighted by molar-refractivity contribution is 7.91. The molecule has 2 fully saturated rings. The minimum Gasteiger partial charge on any atom is -0.481 e. The number of rotatable bonds is 12. The lowest BCUT2D eigenvalue weighted by Gasteiger charge is -2.37. The van der Waals surface area contributed by atoms with Gasteiger partial charge in [0.05, 0.1) is 23.5 Å². The molecule has 2 aliphatic heterocycles. The Morgan fingerprint density at radius 1 is 0.868 bits per heavy atom. The van der Waals surface area contributed by atoms with E-state index in [4.69, 9.17) is 9.84 Å². The van der Waals surface area contributed by atoms with E-state index in [0.717, 1.165) is 17.7 Å². The summed E-state index contributed by atoms with van der Waals surface area (Å²) in [6.07, 6.45) is -3.16. The number of likely N-dealkylation sites (tertiary alicyclic amines) is 1. The molecule has 6 rings (SSSR count). The number of nitrogens with zero attached hydrogens (tertiary/aromatic N) is 5. The van der Waals surface area contributed by atoms with Crippen molar-refractivity contribution in [3.05, 3.63) is 107 Å². The lowest BCUT2D eigenvalue weighted by molar-refractivity contribution is -0.142. The molecule has 0 saturated carbocycles. The summed E-state index contributed by atoms with van der Waals surface area (Å²) in [7, 11) is -3.84. The normalized spacial score (nSPS) is 16.0. The van der Waals surface area contributed by atoms with Gasteiger partial charge in [0.25, 0.3) is 5.91 Å². The number of alkyl halides is 3. The smallest absolute Gasteiger partial charge is 0.435 e. The summed E-state index contributed by atoms with van der Waals surface area (Å²) in [6, 6.07) is 23.0. The van der Waals surface area contributed by atoms with Crippen molar-refractivity contribution in [1.29, 1.82) is 0 Å². The molecule has 2 N–H and O–H groups in total. The first-order valence-electron chi connectivity index (χ1n) is 17.2.